The highest BCUT2D eigenvalue weighted by Crippen LogP contribution is 2.12. The SMILES string of the molecule is CC(Cc1cccc(Cl)c1)NC(=O)c1ccc(Br)nc1. The number of carbonyl (C=O) groups excluding carboxylic acids is 1. The molecule has 5 heteroatoms. The summed E-state index contributed by atoms with van der Waals surface area (Å²) in [6.07, 6.45) is 2.28. The van der Waals surface area contributed by atoms with Crippen molar-refractivity contribution >= 4 is 33.4 Å². The van der Waals surface area contributed by atoms with E-state index >= 15 is 0 Å². The Morgan fingerprint density at radius 2 is 2.20 bits per heavy atom. The topological polar surface area (TPSA) is 42.0 Å². The second kappa shape index (κ2) is 6.86. The van der Waals surface area contributed by atoms with Crippen molar-refractivity contribution in [2.45, 2.75) is 19.4 Å². The van der Waals surface area contributed by atoms with Crippen LogP contribution in [-0.2, 0) is 6.42 Å². The number of halogens is 2. The van der Waals surface area contributed by atoms with E-state index in [1.54, 1.807) is 18.3 Å². The zero-order valence-corrected chi connectivity index (χ0v) is 13.3. The zero-order chi connectivity index (χ0) is 14.5. The Morgan fingerprint density at radius 1 is 1.40 bits per heavy atom. The van der Waals surface area contributed by atoms with Crippen LogP contribution in [0.5, 0.6) is 0 Å². The summed E-state index contributed by atoms with van der Waals surface area (Å²) in [6, 6.07) is 11.1. The molecule has 2 rings (SSSR count). The fourth-order valence-corrected chi connectivity index (χ4v) is 2.33. The van der Waals surface area contributed by atoms with Crippen LogP contribution in [0.4, 0.5) is 0 Å². The molecule has 0 saturated heterocycles. The first-order valence-electron chi connectivity index (χ1n) is 6.21. The quantitative estimate of drug-likeness (QED) is 0.848. The van der Waals surface area contributed by atoms with Gasteiger partial charge in [-0.05, 0) is 59.1 Å². The Kier molecular flexibility index (Phi) is 5.15. The van der Waals surface area contributed by atoms with Gasteiger partial charge in [0.2, 0.25) is 0 Å². The molecule has 1 heterocycles. The molecule has 20 heavy (non-hydrogen) atoms. The molecular formula is C15H14BrClN2O. The Bertz CT molecular complexity index is 601. The molecule has 1 amide bonds. The average Bonchev–Trinajstić information content (AvgIpc) is 2.39. The second-order valence-corrected chi connectivity index (χ2v) is 5.83. The van der Waals surface area contributed by atoms with Gasteiger partial charge in [0.25, 0.3) is 5.91 Å². The molecule has 104 valence electrons. The minimum Gasteiger partial charge on any atom is -0.349 e. The van der Waals surface area contributed by atoms with Gasteiger partial charge in [0, 0.05) is 17.3 Å². The van der Waals surface area contributed by atoms with E-state index in [2.05, 4.69) is 26.2 Å². The van der Waals surface area contributed by atoms with E-state index in [9.17, 15) is 4.79 Å². The summed E-state index contributed by atoms with van der Waals surface area (Å²) in [5, 5.41) is 3.65. The maximum Gasteiger partial charge on any atom is 0.253 e. The van der Waals surface area contributed by atoms with E-state index in [0.29, 0.717) is 15.2 Å². The highest BCUT2D eigenvalue weighted by molar-refractivity contribution is 9.10. The van der Waals surface area contributed by atoms with Gasteiger partial charge in [0.1, 0.15) is 4.60 Å². The molecule has 1 aromatic heterocycles. The van der Waals surface area contributed by atoms with Crippen molar-refractivity contribution in [2.75, 3.05) is 0 Å². The molecule has 1 aromatic carbocycles. The van der Waals surface area contributed by atoms with Gasteiger partial charge < -0.3 is 5.32 Å². The minimum atomic E-state index is -0.125. The number of hydrogen-bond donors (Lipinski definition) is 1. The van der Waals surface area contributed by atoms with Gasteiger partial charge in [-0.2, -0.15) is 0 Å². The summed E-state index contributed by atoms with van der Waals surface area (Å²) in [7, 11) is 0. The molecule has 0 aliphatic rings. The predicted octanol–water partition coefficient (Wildman–Crippen LogP) is 3.86. The van der Waals surface area contributed by atoms with Gasteiger partial charge in [0.05, 0.1) is 5.56 Å². The van der Waals surface area contributed by atoms with Crippen molar-refractivity contribution in [3.05, 3.63) is 63.3 Å². The molecule has 0 spiro atoms. The van der Waals surface area contributed by atoms with Gasteiger partial charge in [-0.25, -0.2) is 4.98 Å². The van der Waals surface area contributed by atoms with Crippen LogP contribution < -0.4 is 5.32 Å². The van der Waals surface area contributed by atoms with Crippen molar-refractivity contribution in [2.24, 2.45) is 0 Å². The van der Waals surface area contributed by atoms with Crippen LogP contribution in [-0.4, -0.2) is 16.9 Å². The van der Waals surface area contributed by atoms with E-state index in [0.717, 1.165) is 12.0 Å². The second-order valence-electron chi connectivity index (χ2n) is 4.58. The van der Waals surface area contributed by atoms with Crippen molar-refractivity contribution < 1.29 is 4.79 Å². The number of rotatable bonds is 4. The Balaban J connectivity index is 1.95. The van der Waals surface area contributed by atoms with Crippen LogP contribution >= 0.6 is 27.5 Å². The Labute approximate surface area is 131 Å². The van der Waals surface area contributed by atoms with Crippen molar-refractivity contribution in [3.63, 3.8) is 0 Å². The van der Waals surface area contributed by atoms with E-state index < -0.39 is 0 Å². The minimum absolute atomic E-state index is 0.0182. The first kappa shape index (κ1) is 15.0. The van der Waals surface area contributed by atoms with E-state index in [1.165, 1.54) is 0 Å². The lowest BCUT2D eigenvalue weighted by Crippen LogP contribution is -2.34. The average molecular weight is 354 g/mol. The summed E-state index contributed by atoms with van der Waals surface area (Å²) < 4.78 is 0.709. The zero-order valence-electron chi connectivity index (χ0n) is 10.9. The smallest absolute Gasteiger partial charge is 0.253 e. The number of hydrogen-bond acceptors (Lipinski definition) is 2. The Morgan fingerprint density at radius 3 is 2.85 bits per heavy atom. The van der Waals surface area contributed by atoms with Crippen LogP contribution in [0.15, 0.2) is 47.2 Å². The summed E-state index contributed by atoms with van der Waals surface area (Å²) >= 11 is 9.19. The van der Waals surface area contributed by atoms with Crippen LogP contribution in [0.1, 0.15) is 22.8 Å². The summed E-state index contributed by atoms with van der Waals surface area (Å²) in [5.41, 5.74) is 1.64. The standard InChI is InChI=1S/C15H14BrClN2O/c1-10(7-11-3-2-4-13(17)8-11)19-15(20)12-5-6-14(16)18-9-12/h2-6,8-10H,7H2,1H3,(H,19,20). The molecule has 0 bridgehead atoms. The van der Waals surface area contributed by atoms with Crippen LogP contribution in [0, 0.1) is 0 Å². The van der Waals surface area contributed by atoms with Crippen LogP contribution in [0.3, 0.4) is 0 Å². The highest BCUT2D eigenvalue weighted by Gasteiger charge is 2.10. The number of aromatic nitrogens is 1. The number of pyridine rings is 1. The fraction of sp³-hybridized carbons (Fsp3) is 0.200. The lowest BCUT2D eigenvalue weighted by molar-refractivity contribution is 0.0939. The van der Waals surface area contributed by atoms with Gasteiger partial charge in [-0.15, -0.1) is 0 Å². The van der Waals surface area contributed by atoms with Gasteiger partial charge >= 0.3 is 0 Å². The number of amides is 1. The molecule has 2 aromatic rings. The molecular weight excluding hydrogens is 340 g/mol. The van der Waals surface area contributed by atoms with Crippen molar-refractivity contribution in [1.29, 1.82) is 0 Å². The summed E-state index contributed by atoms with van der Waals surface area (Å²) in [6.45, 7) is 1.96. The molecule has 0 radical (unpaired) electrons. The van der Waals surface area contributed by atoms with E-state index in [-0.39, 0.29) is 11.9 Å². The molecule has 1 N–H and O–H groups in total. The lowest BCUT2D eigenvalue weighted by Gasteiger charge is -2.14. The normalized spacial score (nSPS) is 11.9. The van der Waals surface area contributed by atoms with Crippen molar-refractivity contribution in [1.82, 2.24) is 10.3 Å². The molecule has 1 unspecified atom stereocenters. The third-order valence-corrected chi connectivity index (χ3v) is 3.50. The predicted molar refractivity (Wildman–Crippen MR) is 84.0 cm³/mol. The third-order valence-electron chi connectivity index (χ3n) is 2.80. The summed E-state index contributed by atoms with van der Waals surface area (Å²) in [5.74, 6) is -0.125. The number of nitrogens with zero attached hydrogens (tertiary/aromatic N) is 1. The number of nitrogens with one attached hydrogen (secondary N) is 1. The fourth-order valence-electron chi connectivity index (χ4n) is 1.89. The van der Waals surface area contributed by atoms with E-state index in [1.807, 2.05) is 31.2 Å². The van der Waals surface area contributed by atoms with E-state index in [4.69, 9.17) is 11.6 Å². The molecule has 3 nitrogen and oxygen atoms in total. The van der Waals surface area contributed by atoms with Gasteiger partial charge in [-0.3, -0.25) is 4.79 Å². The Hall–Kier alpha value is -1.39. The number of carbonyl (C=O) groups is 1. The van der Waals surface area contributed by atoms with Crippen LogP contribution in [0.25, 0.3) is 0 Å². The van der Waals surface area contributed by atoms with Gasteiger partial charge in [-0.1, -0.05) is 23.7 Å². The largest absolute Gasteiger partial charge is 0.349 e. The van der Waals surface area contributed by atoms with Crippen molar-refractivity contribution in [3.8, 4) is 0 Å². The summed E-state index contributed by atoms with van der Waals surface area (Å²) in [4.78, 5) is 16.1. The monoisotopic (exact) mass is 352 g/mol. The van der Waals surface area contributed by atoms with Gasteiger partial charge in [0.15, 0.2) is 0 Å². The maximum absolute atomic E-state index is 12.0. The lowest BCUT2D eigenvalue weighted by atomic mass is 10.1. The first-order valence-corrected chi connectivity index (χ1v) is 7.38. The molecule has 0 saturated carbocycles. The molecule has 0 fully saturated rings. The molecule has 1 atom stereocenters. The number of benzene rings is 1. The third kappa shape index (κ3) is 4.32. The molecule has 0 aliphatic heterocycles. The molecule has 0 aliphatic carbocycles. The first-order chi connectivity index (χ1) is 9.54. The van der Waals surface area contributed by atoms with Crippen LogP contribution in [0.2, 0.25) is 5.02 Å². The highest BCUT2D eigenvalue weighted by atomic mass is 79.9. The maximum atomic E-state index is 12.0.